The van der Waals surface area contributed by atoms with Crippen LogP contribution in [-0.4, -0.2) is 51.3 Å². The number of aromatic nitrogens is 3. The second-order valence-corrected chi connectivity index (χ2v) is 8.18. The highest BCUT2D eigenvalue weighted by Gasteiger charge is 2.20. The highest BCUT2D eigenvalue weighted by molar-refractivity contribution is 14.0. The van der Waals surface area contributed by atoms with E-state index in [0.29, 0.717) is 6.54 Å². The van der Waals surface area contributed by atoms with Gasteiger partial charge in [-0.2, -0.15) is 0 Å². The van der Waals surface area contributed by atoms with Gasteiger partial charge < -0.3 is 15.2 Å². The molecule has 1 aromatic heterocycles. The van der Waals surface area contributed by atoms with Gasteiger partial charge in [-0.15, -0.1) is 34.2 Å². The van der Waals surface area contributed by atoms with Gasteiger partial charge in [0.05, 0.1) is 6.04 Å². The van der Waals surface area contributed by atoms with E-state index in [2.05, 4.69) is 63.8 Å². The van der Waals surface area contributed by atoms with E-state index in [1.54, 1.807) is 0 Å². The molecule has 2 unspecified atom stereocenters. The number of likely N-dealkylation sites (tertiary alicyclic amines) is 1. The summed E-state index contributed by atoms with van der Waals surface area (Å²) in [6.45, 7) is 10.0. The van der Waals surface area contributed by atoms with Crippen LogP contribution in [0.3, 0.4) is 0 Å². The van der Waals surface area contributed by atoms with Gasteiger partial charge in [0.1, 0.15) is 12.4 Å². The predicted octanol–water partition coefficient (Wildman–Crippen LogP) is 3.80. The van der Waals surface area contributed by atoms with Crippen molar-refractivity contribution in [1.82, 2.24) is 30.3 Å². The zero-order valence-electron chi connectivity index (χ0n) is 19.3. The van der Waals surface area contributed by atoms with Crippen molar-refractivity contribution in [1.29, 1.82) is 0 Å². The summed E-state index contributed by atoms with van der Waals surface area (Å²) >= 11 is 0. The Labute approximate surface area is 204 Å². The van der Waals surface area contributed by atoms with Gasteiger partial charge in [-0.3, -0.25) is 4.90 Å². The number of halogens is 1. The number of aryl methyl sites for hydroxylation is 1. The van der Waals surface area contributed by atoms with Crippen molar-refractivity contribution in [3.63, 3.8) is 0 Å². The molecule has 0 aliphatic carbocycles. The molecule has 1 fully saturated rings. The first-order chi connectivity index (χ1) is 14.6. The molecule has 7 nitrogen and oxygen atoms in total. The van der Waals surface area contributed by atoms with Gasteiger partial charge in [0.25, 0.3) is 0 Å². The normalized spacial score (nSPS) is 18.3. The molecule has 1 saturated heterocycles. The summed E-state index contributed by atoms with van der Waals surface area (Å²) in [6.07, 6.45) is 5.23. The number of piperidine rings is 1. The van der Waals surface area contributed by atoms with Crippen LogP contribution in [0.4, 0.5) is 0 Å². The number of nitrogens with one attached hydrogen (secondary N) is 2. The van der Waals surface area contributed by atoms with Gasteiger partial charge >= 0.3 is 0 Å². The number of benzene rings is 1. The fourth-order valence-corrected chi connectivity index (χ4v) is 4.06. The molecule has 3 rings (SSSR count). The lowest BCUT2D eigenvalue weighted by Gasteiger charge is -2.35. The van der Waals surface area contributed by atoms with E-state index in [-0.39, 0.29) is 30.0 Å². The summed E-state index contributed by atoms with van der Waals surface area (Å²) in [7, 11) is 1.98. The van der Waals surface area contributed by atoms with Crippen molar-refractivity contribution >= 4 is 29.9 Å². The molecule has 1 aliphatic heterocycles. The fraction of sp³-hybridized carbons (Fsp3) is 0.609. The molecule has 1 aliphatic rings. The molecular formula is C23H38IN7. The van der Waals surface area contributed by atoms with Crippen LogP contribution in [0, 0.1) is 6.92 Å². The van der Waals surface area contributed by atoms with Crippen LogP contribution < -0.4 is 10.6 Å². The average Bonchev–Trinajstić information content (AvgIpc) is 3.10. The first kappa shape index (κ1) is 25.6. The third kappa shape index (κ3) is 7.45. The Morgan fingerprint density at radius 1 is 1.23 bits per heavy atom. The highest BCUT2D eigenvalue weighted by Crippen LogP contribution is 2.18. The van der Waals surface area contributed by atoms with Crippen LogP contribution in [0.2, 0.25) is 0 Å². The van der Waals surface area contributed by atoms with Crippen LogP contribution in [-0.2, 0) is 13.6 Å². The number of guanidine groups is 1. The summed E-state index contributed by atoms with van der Waals surface area (Å²) in [6, 6.07) is 11.4. The Morgan fingerprint density at radius 2 is 2.00 bits per heavy atom. The summed E-state index contributed by atoms with van der Waals surface area (Å²) in [5.41, 5.74) is 1.24. The lowest BCUT2D eigenvalue weighted by molar-refractivity contribution is 0.147. The minimum absolute atomic E-state index is 0. The summed E-state index contributed by atoms with van der Waals surface area (Å²) < 4.78 is 1.99. The third-order valence-corrected chi connectivity index (χ3v) is 6.13. The SMILES string of the molecule is CCC1CCCCN1CCNC(=NCc1nnc(C)n1C)NC(C)c1ccccc1.I. The highest BCUT2D eigenvalue weighted by atomic mass is 127. The van der Waals surface area contributed by atoms with E-state index in [1.165, 1.54) is 37.8 Å². The Kier molecular flexibility index (Phi) is 10.7. The van der Waals surface area contributed by atoms with E-state index in [9.17, 15) is 0 Å². The van der Waals surface area contributed by atoms with E-state index in [0.717, 1.165) is 36.7 Å². The maximum Gasteiger partial charge on any atom is 0.192 e. The Bertz CT molecular complexity index is 806. The standard InChI is InChI=1S/C23H37N7.HI/c1-5-21-13-9-10-15-30(21)16-14-24-23(25-17-22-28-27-19(3)29(22)4)26-18(2)20-11-7-6-8-12-20;/h6-8,11-12,18,21H,5,9-10,13-17H2,1-4H3,(H2,24,25,26);1H. The molecule has 31 heavy (non-hydrogen) atoms. The van der Waals surface area contributed by atoms with E-state index < -0.39 is 0 Å². The van der Waals surface area contributed by atoms with Gasteiger partial charge in [-0.25, -0.2) is 4.99 Å². The number of hydrogen-bond acceptors (Lipinski definition) is 4. The third-order valence-electron chi connectivity index (χ3n) is 6.13. The van der Waals surface area contributed by atoms with E-state index in [4.69, 9.17) is 4.99 Å². The molecule has 172 valence electrons. The van der Waals surface area contributed by atoms with Crippen LogP contribution in [0.1, 0.15) is 62.8 Å². The largest absolute Gasteiger partial charge is 0.355 e. The molecule has 0 saturated carbocycles. The van der Waals surface area contributed by atoms with Gasteiger partial charge in [-0.1, -0.05) is 43.7 Å². The Hall–Kier alpha value is -1.68. The molecular weight excluding hydrogens is 501 g/mol. The summed E-state index contributed by atoms with van der Waals surface area (Å²) in [5.74, 6) is 2.58. The fourth-order valence-electron chi connectivity index (χ4n) is 4.06. The molecule has 2 N–H and O–H groups in total. The molecule has 2 aromatic rings. The number of nitrogens with zero attached hydrogens (tertiary/aromatic N) is 5. The van der Waals surface area contributed by atoms with Crippen molar-refractivity contribution in [2.45, 2.75) is 65.1 Å². The predicted molar refractivity (Wildman–Crippen MR) is 138 cm³/mol. The monoisotopic (exact) mass is 539 g/mol. The van der Waals surface area contributed by atoms with Crippen LogP contribution in [0.5, 0.6) is 0 Å². The van der Waals surface area contributed by atoms with Crippen LogP contribution >= 0.6 is 24.0 Å². The van der Waals surface area contributed by atoms with E-state index in [1.807, 2.05) is 24.6 Å². The van der Waals surface area contributed by atoms with Crippen molar-refractivity contribution in [2.75, 3.05) is 19.6 Å². The topological polar surface area (TPSA) is 70.4 Å². The second-order valence-electron chi connectivity index (χ2n) is 8.18. The van der Waals surface area contributed by atoms with Crippen LogP contribution in [0.15, 0.2) is 35.3 Å². The molecule has 1 aromatic carbocycles. The number of hydrogen-bond donors (Lipinski definition) is 2. The minimum Gasteiger partial charge on any atom is -0.355 e. The van der Waals surface area contributed by atoms with Gasteiger partial charge in [0.15, 0.2) is 11.8 Å². The van der Waals surface area contributed by atoms with Crippen LogP contribution in [0.25, 0.3) is 0 Å². The van der Waals surface area contributed by atoms with Gasteiger partial charge in [-0.05, 0) is 45.2 Å². The smallest absolute Gasteiger partial charge is 0.192 e. The zero-order valence-corrected chi connectivity index (χ0v) is 21.7. The van der Waals surface area contributed by atoms with Crippen molar-refractivity contribution in [2.24, 2.45) is 12.0 Å². The van der Waals surface area contributed by atoms with E-state index >= 15 is 0 Å². The summed E-state index contributed by atoms with van der Waals surface area (Å²) in [5, 5.41) is 15.5. The van der Waals surface area contributed by atoms with Crippen molar-refractivity contribution in [3.05, 3.63) is 47.5 Å². The Balaban J connectivity index is 0.00000341. The van der Waals surface area contributed by atoms with Gasteiger partial charge in [0.2, 0.25) is 0 Å². The van der Waals surface area contributed by atoms with Gasteiger partial charge in [0, 0.05) is 26.2 Å². The second kappa shape index (κ2) is 13.0. The molecule has 0 amide bonds. The first-order valence-corrected chi connectivity index (χ1v) is 11.3. The zero-order chi connectivity index (χ0) is 21.3. The molecule has 2 heterocycles. The first-order valence-electron chi connectivity index (χ1n) is 11.3. The van der Waals surface area contributed by atoms with Crippen molar-refractivity contribution in [3.8, 4) is 0 Å². The molecule has 0 radical (unpaired) electrons. The summed E-state index contributed by atoms with van der Waals surface area (Å²) in [4.78, 5) is 7.43. The minimum atomic E-state index is 0. The average molecular weight is 540 g/mol. The lowest BCUT2D eigenvalue weighted by Crippen LogP contribution is -2.46. The molecule has 8 heteroatoms. The lowest BCUT2D eigenvalue weighted by atomic mass is 10.0. The molecule has 0 spiro atoms. The molecule has 2 atom stereocenters. The molecule has 0 bridgehead atoms. The van der Waals surface area contributed by atoms with Crippen molar-refractivity contribution < 1.29 is 0 Å². The number of rotatable bonds is 8. The Morgan fingerprint density at radius 3 is 2.68 bits per heavy atom. The number of aliphatic imine (C=N–C) groups is 1. The maximum absolute atomic E-state index is 4.81. The quantitative estimate of drug-likeness (QED) is 0.304. The maximum atomic E-state index is 4.81.